The van der Waals surface area contributed by atoms with E-state index in [0.717, 1.165) is 4.68 Å². The minimum absolute atomic E-state index is 0.00287. The van der Waals surface area contributed by atoms with Gasteiger partial charge in [-0.05, 0) is 6.92 Å². The van der Waals surface area contributed by atoms with Crippen LogP contribution in [0.1, 0.15) is 23.5 Å². The zero-order chi connectivity index (χ0) is 15.2. The lowest BCUT2D eigenvalue weighted by Gasteiger charge is -2.33. The lowest BCUT2D eigenvalue weighted by atomic mass is 10.2. The van der Waals surface area contributed by atoms with Gasteiger partial charge < -0.3 is 15.0 Å². The number of fused-ring (bicyclic) bond motifs is 1. The Balaban J connectivity index is 1.98. The van der Waals surface area contributed by atoms with Crippen LogP contribution in [0.25, 0.3) is 0 Å². The van der Waals surface area contributed by atoms with Gasteiger partial charge in [0.15, 0.2) is 11.9 Å². The van der Waals surface area contributed by atoms with E-state index in [1.807, 2.05) is 11.8 Å². The van der Waals surface area contributed by atoms with Gasteiger partial charge in [-0.3, -0.25) is 4.79 Å². The molecule has 0 spiro atoms. The Morgan fingerprint density at radius 1 is 1.48 bits per heavy atom. The maximum absolute atomic E-state index is 13.0. The van der Waals surface area contributed by atoms with Crippen molar-refractivity contribution >= 4 is 11.7 Å². The Morgan fingerprint density at radius 2 is 2.24 bits per heavy atom. The van der Waals surface area contributed by atoms with Crippen molar-refractivity contribution in [1.29, 1.82) is 0 Å². The first-order valence-corrected chi connectivity index (χ1v) is 6.67. The van der Waals surface area contributed by atoms with Gasteiger partial charge in [-0.1, -0.05) is 0 Å². The summed E-state index contributed by atoms with van der Waals surface area (Å²) in [7, 11) is 0. The number of anilines is 1. The van der Waals surface area contributed by atoms with E-state index >= 15 is 0 Å². The number of ether oxygens (including phenoxy) is 1. The van der Waals surface area contributed by atoms with Crippen molar-refractivity contribution in [3.05, 3.63) is 11.8 Å². The number of carbonyl (C=O) groups is 1. The lowest BCUT2D eigenvalue weighted by molar-refractivity contribution is -0.169. The summed E-state index contributed by atoms with van der Waals surface area (Å²) < 4.78 is 45.2. The first-order chi connectivity index (χ1) is 9.88. The summed E-state index contributed by atoms with van der Waals surface area (Å²) in [5, 5.41) is 6.29. The van der Waals surface area contributed by atoms with Crippen molar-refractivity contribution in [2.75, 3.05) is 31.2 Å². The van der Waals surface area contributed by atoms with Crippen molar-refractivity contribution in [2.24, 2.45) is 0 Å². The highest BCUT2D eigenvalue weighted by atomic mass is 19.4. The molecule has 0 aliphatic carbocycles. The molecule has 3 rings (SSSR count). The van der Waals surface area contributed by atoms with Crippen LogP contribution in [-0.2, 0) is 4.74 Å². The summed E-state index contributed by atoms with van der Waals surface area (Å²) in [6.07, 6.45) is -4.46. The fourth-order valence-corrected chi connectivity index (χ4v) is 2.62. The number of morpholine rings is 1. The molecule has 1 N–H and O–H groups in total. The summed E-state index contributed by atoms with van der Waals surface area (Å²) in [5.74, 6) is -0.151. The lowest BCUT2D eigenvalue weighted by Crippen LogP contribution is -2.45. The van der Waals surface area contributed by atoms with E-state index in [4.69, 9.17) is 4.74 Å². The van der Waals surface area contributed by atoms with E-state index in [1.54, 1.807) is 0 Å². The number of rotatable bonds is 1. The molecule has 9 heteroatoms. The minimum Gasteiger partial charge on any atom is -0.377 e. The highest BCUT2D eigenvalue weighted by Crippen LogP contribution is 2.34. The molecule has 1 saturated heterocycles. The fraction of sp³-hybridized carbons (Fsp3) is 0.667. The molecule has 3 heterocycles. The molecule has 1 aromatic rings. The Bertz CT molecular complexity index is 557. The van der Waals surface area contributed by atoms with Crippen LogP contribution in [-0.4, -0.2) is 54.2 Å². The van der Waals surface area contributed by atoms with Gasteiger partial charge in [-0.25, -0.2) is 4.68 Å². The SMILES string of the molecule is C[C@@H]1COCCN1c1cc2n(n1)[C@@H](C(F)(F)F)CNC2=O. The van der Waals surface area contributed by atoms with E-state index in [2.05, 4.69) is 10.4 Å². The molecular weight excluding hydrogens is 289 g/mol. The van der Waals surface area contributed by atoms with Gasteiger partial charge in [0.2, 0.25) is 0 Å². The predicted octanol–water partition coefficient (Wildman–Crippen LogP) is 0.955. The zero-order valence-electron chi connectivity index (χ0n) is 11.4. The Labute approximate surface area is 118 Å². The Morgan fingerprint density at radius 3 is 2.90 bits per heavy atom. The number of aromatic nitrogens is 2. The van der Waals surface area contributed by atoms with E-state index in [0.29, 0.717) is 25.6 Å². The average Bonchev–Trinajstić information content (AvgIpc) is 2.83. The molecule has 0 bridgehead atoms. The van der Waals surface area contributed by atoms with Gasteiger partial charge in [0.25, 0.3) is 5.91 Å². The minimum atomic E-state index is -4.46. The third kappa shape index (κ3) is 2.45. The summed E-state index contributed by atoms with van der Waals surface area (Å²) in [6, 6.07) is -0.409. The number of nitrogens with zero attached hydrogens (tertiary/aromatic N) is 3. The normalized spacial score (nSPS) is 26.5. The largest absolute Gasteiger partial charge is 0.412 e. The molecule has 1 amide bonds. The third-order valence-electron chi connectivity index (χ3n) is 3.75. The van der Waals surface area contributed by atoms with Crippen LogP contribution in [0, 0.1) is 0 Å². The van der Waals surface area contributed by atoms with Crippen LogP contribution in [0.5, 0.6) is 0 Å². The molecule has 116 valence electrons. The van der Waals surface area contributed by atoms with Crippen LogP contribution in [0.4, 0.5) is 19.0 Å². The second kappa shape index (κ2) is 4.90. The van der Waals surface area contributed by atoms with Crippen molar-refractivity contribution in [3.8, 4) is 0 Å². The number of amides is 1. The zero-order valence-corrected chi connectivity index (χ0v) is 11.4. The van der Waals surface area contributed by atoms with E-state index in [-0.39, 0.29) is 11.7 Å². The standard InChI is InChI=1S/C12H15F3N4O2/c1-7-6-21-3-2-18(7)10-4-8-11(20)16-5-9(12(13,14)15)19(8)17-10/h4,7,9H,2-3,5-6H2,1H3,(H,16,20)/t7-,9-/m1/s1. The van der Waals surface area contributed by atoms with Crippen molar-refractivity contribution in [1.82, 2.24) is 15.1 Å². The fourth-order valence-electron chi connectivity index (χ4n) is 2.62. The first-order valence-electron chi connectivity index (χ1n) is 6.67. The van der Waals surface area contributed by atoms with Crippen LogP contribution in [0.15, 0.2) is 6.07 Å². The number of alkyl halides is 3. The van der Waals surface area contributed by atoms with Gasteiger partial charge in [-0.15, -0.1) is 0 Å². The molecule has 2 atom stereocenters. The molecular formula is C12H15F3N4O2. The van der Waals surface area contributed by atoms with E-state index < -0.39 is 24.7 Å². The molecule has 6 nitrogen and oxygen atoms in total. The van der Waals surface area contributed by atoms with Crippen LogP contribution in [0.3, 0.4) is 0 Å². The van der Waals surface area contributed by atoms with Crippen LogP contribution in [0.2, 0.25) is 0 Å². The van der Waals surface area contributed by atoms with Crippen LogP contribution >= 0.6 is 0 Å². The Kier molecular flexibility index (Phi) is 3.31. The third-order valence-corrected chi connectivity index (χ3v) is 3.75. The molecule has 2 aliphatic rings. The number of nitrogens with one attached hydrogen (secondary N) is 1. The molecule has 2 aliphatic heterocycles. The smallest absolute Gasteiger partial charge is 0.377 e. The quantitative estimate of drug-likeness (QED) is 0.839. The molecule has 0 aromatic carbocycles. The van der Waals surface area contributed by atoms with Crippen molar-refractivity contribution in [3.63, 3.8) is 0 Å². The molecule has 1 fully saturated rings. The highest BCUT2D eigenvalue weighted by molar-refractivity contribution is 5.94. The van der Waals surface area contributed by atoms with Crippen LogP contribution < -0.4 is 10.2 Å². The predicted molar refractivity (Wildman–Crippen MR) is 67.3 cm³/mol. The van der Waals surface area contributed by atoms with Gasteiger partial charge in [-0.2, -0.15) is 18.3 Å². The number of halogens is 3. The van der Waals surface area contributed by atoms with E-state index in [9.17, 15) is 18.0 Å². The number of hydrogen-bond donors (Lipinski definition) is 1. The maximum Gasteiger partial charge on any atom is 0.412 e. The summed E-state index contributed by atoms with van der Waals surface area (Å²) >= 11 is 0. The maximum atomic E-state index is 13.0. The molecule has 0 radical (unpaired) electrons. The van der Waals surface area contributed by atoms with E-state index in [1.165, 1.54) is 6.07 Å². The van der Waals surface area contributed by atoms with Crippen molar-refractivity contribution < 1.29 is 22.7 Å². The number of carbonyl (C=O) groups excluding carboxylic acids is 1. The van der Waals surface area contributed by atoms with Gasteiger partial charge in [0.05, 0.1) is 19.3 Å². The molecule has 0 unspecified atom stereocenters. The second-order valence-corrected chi connectivity index (χ2v) is 5.22. The summed E-state index contributed by atoms with van der Waals surface area (Å²) in [5.41, 5.74) is -0.0581. The van der Waals surface area contributed by atoms with Crippen molar-refractivity contribution in [2.45, 2.75) is 25.2 Å². The molecule has 0 saturated carbocycles. The second-order valence-electron chi connectivity index (χ2n) is 5.22. The molecule has 1 aromatic heterocycles. The monoisotopic (exact) mass is 304 g/mol. The van der Waals surface area contributed by atoms with Gasteiger partial charge >= 0.3 is 6.18 Å². The summed E-state index contributed by atoms with van der Waals surface area (Å²) in [4.78, 5) is 13.6. The topological polar surface area (TPSA) is 59.4 Å². The van der Waals surface area contributed by atoms with Gasteiger partial charge in [0, 0.05) is 19.2 Å². The average molecular weight is 304 g/mol. The van der Waals surface area contributed by atoms with Gasteiger partial charge in [0.1, 0.15) is 5.69 Å². The highest BCUT2D eigenvalue weighted by Gasteiger charge is 2.46. The Hall–Kier alpha value is -1.77. The first kappa shape index (κ1) is 14.2. The number of hydrogen-bond acceptors (Lipinski definition) is 4. The summed E-state index contributed by atoms with van der Waals surface area (Å²) in [6.45, 7) is 2.92. The molecule has 21 heavy (non-hydrogen) atoms.